The number of nitrogens with one attached hydrogen (secondary N) is 1. The smallest absolute Gasteiger partial charge is 0.262 e. The van der Waals surface area contributed by atoms with E-state index < -0.39 is 28.3 Å². The summed E-state index contributed by atoms with van der Waals surface area (Å²) in [6.07, 6.45) is 0. The molecule has 3 N–H and O–H groups in total. The first-order valence-electron chi connectivity index (χ1n) is 9.49. The van der Waals surface area contributed by atoms with Crippen molar-refractivity contribution in [3.05, 3.63) is 87.9 Å². The number of sulfonamides is 1. The number of ketones is 1. The van der Waals surface area contributed by atoms with Crippen LogP contribution in [0.3, 0.4) is 0 Å². The first-order valence-corrected chi connectivity index (χ1v) is 11.4. The predicted octanol–water partition coefficient (Wildman–Crippen LogP) is 3.42. The Morgan fingerprint density at radius 1 is 1.12 bits per heavy atom. The molecule has 10 heteroatoms. The second-order valence-electron chi connectivity index (χ2n) is 7.02. The summed E-state index contributed by atoms with van der Waals surface area (Å²) in [6.45, 7) is 1.22. The Balaban J connectivity index is 1.74. The van der Waals surface area contributed by atoms with E-state index in [1.807, 2.05) is 6.07 Å². The fraction of sp³-hybridized carbons (Fsp3) is 0.0870. The lowest BCUT2D eigenvalue weighted by Gasteiger charge is -2.13. The topological polar surface area (TPSA) is 139 Å². The number of hydrogen-bond donors (Lipinski definition) is 2. The van der Waals surface area contributed by atoms with E-state index in [0.717, 1.165) is 0 Å². The summed E-state index contributed by atoms with van der Waals surface area (Å²) in [7, 11) is -3.86. The van der Waals surface area contributed by atoms with Gasteiger partial charge in [0.25, 0.3) is 5.91 Å². The Hall–Kier alpha value is -3.71. The second-order valence-corrected chi connectivity index (χ2v) is 9.02. The van der Waals surface area contributed by atoms with Crippen LogP contribution in [-0.4, -0.2) is 26.7 Å². The van der Waals surface area contributed by atoms with Gasteiger partial charge in [0.2, 0.25) is 10.0 Å². The van der Waals surface area contributed by atoms with Gasteiger partial charge < -0.3 is 10.1 Å². The zero-order chi connectivity index (χ0) is 24.2. The molecule has 0 aliphatic heterocycles. The third kappa shape index (κ3) is 5.96. The van der Waals surface area contributed by atoms with E-state index in [1.165, 1.54) is 36.4 Å². The van der Waals surface area contributed by atoms with Gasteiger partial charge in [0.1, 0.15) is 5.75 Å². The summed E-state index contributed by atoms with van der Waals surface area (Å²) in [5.41, 5.74) is 1.55. The van der Waals surface area contributed by atoms with Crippen LogP contribution in [0.25, 0.3) is 0 Å². The van der Waals surface area contributed by atoms with Crippen LogP contribution in [0.4, 0.5) is 5.69 Å². The van der Waals surface area contributed by atoms with Crippen LogP contribution < -0.4 is 15.2 Å². The fourth-order valence-corrected chi connectivity index (χ4v) is 3.84. The van der Waals surface area contributed by atoms with Gasteiger partial charge >= 0.3 is 0 Å². The molecule has 168 valence electrons. The quantitative estimate of drug-likeness (QED) is 0.493. The average molecular weight is 484 g/mol. The molecule has 0 aliphatic rings. The first kappa shape index (κ1) is 23.9. The minimum Gasteiger partial charge on any atom is -0.483 e. The summed E-state index contributed by atoms with van der Waals surface area (Å²) in [5.74, 6) is -0.755. The largest absolute Gasteiger partial charge is 0.483 e. The maximum atomic E-state index is 13.0. The number of primary sulfonamides is 1. The monoisotopic (exact) mass is 483 g/mol. The van der Waals surface area contributed by atoms with Crippen LogP contribution >= 0.6 is 11.6 Å². The van der Waals surface area contributed by atoms with Crippen LogP contribution in [0.5, 0.6) is 5.75 Å². The maximum absolute atomic E-state index is 13.0. The molecule has 0 spiro atoms. The van der Waals surface area contributed by atoms with Crippen LogP contribution in [0, 0.1) is 18.3 Å². The molecule has 8 nitrogen and oxygen atoms in total. The van der Waals surface area contributed by atoms with Gasteiger partial charge in [-0.1, -0.05) is 23.7 Å². The number of ether oxygens (including phenoxy) is 1. The highest BCUT2D eigenvalue weighted by Crippen LogP contribution is 2.24. The van der Waals surface area contributed by atoms with Crippen LogP contribution in [0.15, 0.2) is 65.6 Å². The van der Waals surface area contributed by atoms with E-state index >= 15 is 0 Å². The SMILES string of the molecule is Cc1cc(S(N)(=O)=O)ccc1NC(=O)COc1ccccc1C(=O)c1cc(Cl)cc(C#N)c1. The Labute approximate surface area is 195 Å². The Morgan fingerprint density at radius 2 is 1.85 bits per heavy atom. The number of carbonyl (C=O) groups is 2. The summed E-state index contributed by atoms with van der Waals surface area (Å²) in [6, 6.07) is 16.7. The summed E-state index contributed by atoms with van der Waals surface area (Å²) in [5, 5.41) is 17.1. The molecule has 0 radical (unpaired) electrons. The highest BCUT2D eigenvalue weighted by Gasteiger charge is 2.17. The minimum atomic E-state index is -3.86. The highest BCUT2D eigenvalue weighted by molar-refractivity contribution is 7.89. The molecule has 3 aromatic rings. The number of rotatable bonds is 7. The van der Waals surface area contributed by atoms with Gasteiger partial charge in [-0.25, -0.2) is 13.6 Å². The third-order valence-corrected chi connectivity index (χ3v) is 5.71. The van der Waals surface area contributed by atoms with Crippen molar-refractivity contribution in [1.82, 2.24) is 0 Å². The number of benzene rings is 3. The van der Waals surface area contributed by atoms with Crippen molar-refractivity contribution in [2.24, 2.45) is 5.14 Å². The number of amides is 1. The molecule has 0 saturated heterocycles. The zero-order valence-corrected chi connectivity index (χ0v) is 18.9. The summed E-state index contributed by atoms with van der Waals surface area (Å²) >= 11 is 6.00. The van der Waals surface area contributed by atoms with Gasteiger partial charge in [-0.05, 0) is 61.0 Å². The Bertz CT molecular complexity index is 1400. The molecule has 0 fully saturated rings. The van der Waals surface area contributed by atoms with Gasteiger partial charge in [-0.15, -0.1) is 0 Å². The van der Waals surface area contributed by atoms with Gasteiger partial charge in [0, 0.05) is 16.3 Å². The van der Waals surface area contributed by atoms with E-state index in [1.54, 1.807) is 31.2 Å². The molecule has 0 bridgehead atoms. The van der Waals surface area contributed by atoms with Crippen molar-refractivity contribution in [2.75, 3.05) is 11.9 Å². The molecule has 0 atom stereocenters. The lowest BCUT2D eigenvalue weighted by atomic mass is 10.0. The number of halogens is 1. The molecule has 0 heterocycles. The predicted molar refractivity (Wildman–Crippen MR) is 123 cm³/mol. The van der Waals surface area contributed by atoms with Gasteiger partial charge in [-0.3, -0.25) is 9.59 Å². The molecular formula is C23H18ClN3O5S. The molecule has 0 saturated carbocycles. The van der Waals surface area contributed by atoms with Crippen molar-refractivity contribution in [1.29, 1.82) is 5.26 Å². The molecule has 3 aromatic carbocycles. The van der Waals surface area contributed by atoms with E-state index in [0.29, 0.717) is 11.3 Å². The Morgan fingerprint density at radius 3 is 2.52 bits per heavy atom. The number of hydrogen-bond acceptors (Lipinski definition) is 6. The molecule has 3 rings (SSSR count). The number of carbonyl (C=O) groups excluding carboxylic acids is 2. The van der Waals surface area contributed by atoms with Crippen molar-refractivity contribution in [2.45, 2.75) is 11.8 Å². The van der Waals surface area contributed by atoms with E-state index in [-0.39, 0.29) is 32.4 Å². The molecular weight excluding hydrogens is 466 g/mol. The average Bonchev–Trinajstić information content (AvgIpc) is 2.77. The van der Waals surface area contributed by atoms with Crippen molar-refractivity contribution < 1.29 is 22.7 Å². The molecule has 0 aliphatic carbocycles. The first-order chi connectivity index (χ1) is 15.6. The van der Waals surface area contributed by atoms with Gasteiger partial charge in [-0.2, -0.15) is 5.26 Å². The summed E-state index contributed by atoms with van der Waals surface area (Å²) in [4.78, 5) is 25.3. The van der Waals surface area contributed by atoms with E-state index in [2.05, 4.69) is 5.32 Å². The highest BCUT2D eigenvalue weighted by atomic mass is 35.5. The number of anilines is 1. The molecule has 0 unspecified atom stereocenters. The number of nitriles is 1. The maximum Gasteiger partial charge on any atom is 0.262 e. The van der Waals surface area contributed by atoms with Crippen molar-refractivity contribution in [3.8, 4) is 11.8 Å². The number of para-hydroxylation sites is 1. The number of nitrogens with two attached hydrogens (primary N) is 1. The van der Waals surface area contributed by atoms with Crippen molar-refractivity contribution >= 4 is 39.0 Å². The van der Waals surface area contributed by atoms with Gasteiger partial charge in [0.05, 0.1) is 22.1 Å². The van der Waals surface area contributed by atoms with E-state index in [4.69, 9.17) is 26.7 Å². The second kappa shape index (κ2) is 9.83. The van der Waals surface area contributed by atoms with Crippen LogP contribution in [0.2, 0.25) is 5.02 Å². The number of nitrogens with zero attached hydrogens (tertiary/aromatic N) is 1. The Kier molecular flexibility index (Phi) is 7.13. The minimum absolute atomic E-state index is 0.0674. The zero-order valence-electron chi connectivity index (χ0n) is 17.3. The molecule has 1 amide bonds. The normalized spacial score (nSPS) is 10.8. The molecule has 33 heavy (non-hydrogen) atoms. The third-order valence-electron chi connectivity index (χ3n) is 4.58. The lowest BCUT2D eigenvalue weighted by molar-refractivity contribution is -0.118. The lowest BCUT2D eigenvalue weighted by Crippen LogP contribution is -2.21. The number of aryl methyl sites for hydroxylation is 1. The fourth-order valence-electron chi connectivity index (χ4n) is 3.00. The summed E-state index contributed by atoms with van der Waals surface area (Å²) < 4.78 is 28.5. The van der Waals surface area contributed by atoms with Crippen LogP contribution in [0.1, 0.15) is 27.0 Å². The molecule has 0 aromatic heterocycles. The standard InChI is InChI=1S/C23H18ClN3O5S/c1-14-8-18(33(26,30)31)6-7-20(14)27-22(28)13-32-21-5-3-2-4-19(21)23(29)16-9-15(12-25)10-17(24)11-16/h2-11H,13H2,1H3,(H,27,28)(H2,26,30,31). The van der Waals surface area contributed by atoms with Gasteiger partial charge in [0.15, 0.2) is 12.4 Å². The van der Waals surface area contributed by atoms with Crippen molar-refractivity contribution in [3.63, 3.8) is 0 Å². The van der Waals surface area contributed by atoms with Crippen LogP contribution in [-0.2, 0) is 14.8 Å². The van der Waals surface area contributed by atoms with E-state index in [9.17, 15) is 18.0 Å².